The van der Waals surface area contributed by atoms with Crippen LogP contribution < -0.4 is 15.4 Å². The smallest absolute Gasteiger partial charge is 0.246 e. The molecule has 2 aliphatic heterocycles. The number of β-lactam (4-membered cyclic amide) rings is 1. The van der Waals surface area contributed by atoms with Crippen LogP contribution in [0, 0.1) is 0 Å². The van der Waals surface area contributed by atoms with Gasteiger partial charge in [0.2, 0.25) is 5.91 Å². The molecule has 1 amide bonds. The number of carbonyl (C=O) groups is 1. The molecule has 2 fully saturated rings. The fourth-order valence-electron chi connectivity index (χ4n) is 2.86. The van der Waals surface area contributed by atoms with Crippen molar-refractivity contribution in [2.45, 2.75) is 37.8 Å². The third kappa shape index (κ3) is 2.39. The van der Waals surface area contributed by atoms with Crippen LogP contribution in [0.3, 0.4) is 0 Å². The molecule has 3 rings (SSSR count). The van der Waals surface area contributed by atoms with Gasteiger partial charge in [0.05, 0.1) is 19.8 Å². The monoisotopic (exact) mass is 292 g/mol. The second kappa shape index (κ2) is 4.98. The van der Waals surface area contributed by atoms with E-state index in [2.05, 4.69) is 0 Å². The normalized spacial score (nSPS) is 31.1. The number of nitrogens with zero attached hydrogens (tertiary/aromatic N) is 1. The Morgan fingerprint density at radius 3 is 2.52 bits per heavy atom. The minimum atomic E-state index is -0.630. The molecule has 2 N–H and O–H groups in total. The Morgan fingerprint density at radius 2 is 2.00 bits per heavy atom. The summed E-state index contributed by atoms with van der Waals surface area (Å²) in [5.74, 6) is 0.0156. The van der Waals surface area contributed by atoms with Crippen molar-refractivity contribution in [1.82, 2.24) is 0 Å². The highest BCUT2D eigenvalue weighted by Crippen LogP contribution is 2.35. The van der Waals surface area contributed by atoms with Crippen LogP contribution in [0.2, 0.25) is 0 Å². The highest BCUT2D eigenvalue weighted by molar-refractivity contribution is 6.05. The Hall–Kier alpha value is -1.63. The summed E-state index contributed by atoms with van der Waals surface area (Å²) in [6, 6.07) is 6.58. The van der Waals surface area contributed by atoms with E-state index in [-0.39, 0.29) is 18.1 Å². The molecule has 0 saturated carbocycles. The van der Waals surface area contributed by atoms with E-state index in [4.69, 9.17) is 19.9 Å². The first-order valence-corrected chi connectivity index (χ1v) is 6.97. The first kappa shape index (κ1) is 14.3. The number of rotatable bonds is 3. The van der Waals surface area contributed by atoms with Gasteiger partial charge >= 0.3 is 0 Å². The van der Waals surface area contributed by atoms with E-state index in [1.54, 1.807) is 12.0 Å². The maximum atomic E-state index is 12.1. The zero-order chi connectivity index (χ0) is 15.2. The zero-order valence-electron chi connectivity index (χ0n) is 12.4. The SMILES string of the molecule is COc1ccc(N2C(=O)[C@H](N)[C@H]2[C@H]2COC(C)(C)O2)cc1. The van der Waals surface area contributed by atoms with Gasteiger partial charge in [-0.25, -0.2) is 0 Å². The fourth-order valence-corrected chi connectivity index (χ4v) is 2.86. The first-order valence-electron chi connectivity index (χ1n) is 6.97. The predicted octanol–water partition coefficient (Wildman–Crippen LogP) is 0.889. The number of hydrogen-bond acceptors (Lipinski definition) is 5. The summed E-state index contributed by atoms with van der Waals surface area (Å²) in [6.45, 7) is 4.15. The van der Waals surface area contributed by atoms with Crippen LogP contribution in [0.1, 0.15) is 13.8 Å². The Balaban J connectivity index is 1.81. The van der Waals surface area contributed by atoms with Crippen molar-refractivity contribution in [3.63, 3.8) is 0 Å². The van der Waals surface area contributed by atoms with Crippen molar-refractivity contribution in [1.29, 1.82) is 0 Å². The van der Waals surface area contributed by atoms with Crippen molar-refractivity contribution in [2.24, 2.45) is 5.73 Å². The van der Waals surface area contributed by atoms with Crippen molar-refractivity contribution >= 4 is 11.6 Å². The Bertz CT molecular complexity index is 543. The van der Waals surface area contributed by atoms with Gasteiger partial charge in [0, 0.05) is 5.69 Å². The lowest BCUT2D eigenvalue weighted by molar-refractivity contribution is -0.149. The van der Waals surface area contributed by atoms with Crippen LogP contribution in [0.5, 0.6) is 5.75 Å². The van der Waals surface area contributed by atoms with Crippen LogP contribution in [0.4, 0.5) is 5.69 Å². The summed E-state index contributed by atoms with van der Waals surface area (Å²) >= 11 is 0. The van der Waals surface area contributed by atoms with E-state index in [1.807, 2.05) is 38.1 Å². The first-order chi connectivity index (χ1) is 9.93. The Morgan fingerprint density at radius 1 is 1.33 bits per heavy atom. The van der Waals surface area contributed by atoms with Gasteiger partial charge in [-0.1, -0.05) is 0 Å². The van der Waals surface area contributed by atoms with Crippen molar-refractivity contribution in [3.8, 4) is 5.75 Å². The molecule has 0 bridgehead atoms. The maximum absolute atomic E-state index is 12.1. The van der Waals surface area contributed by atoms with Gasteiger partial charge < -0.3 is 24.8 Å². The molecule has 2 heterocycles. The lowest BCUT2D eigenvalue weighted by Gasteiger charge is -2.47. The number of nitrogens with two attached hydrogens (primary N) is 1. The molecule has 21 heavy (non-hydrogen) atoms. The molecular formula is C15H20N2O4. The second-order valence-electron chi connectivity index (χ2n) is 5.79. The van der Waals surface area contributed by atoms with Crippen LogP contribution in [0.25, 0.3) is 0 Å². The summed E-state index contributed by atoms with van der Waals surface area (Å²) in [7, 11) is 1.61. The molecule has 0 aromatic heterocycles. The average molecular weight is 292 g/mol. The molecule has 2 aliphatic rings. The summed E-state index contributed by atoms with van der Waals surface area (Å²) < 4.78 is 16.6. The average Bonchev–Trinajstić information content (AvgIpc) is 2.83. The van der Waals surface area contributed by atoms with E-state index in [9.17, 15) is 4.79 Å². The van der Waals surface area contributed by atoms with Gasteiger partial charge in [-0.2, -0.15) is 0 Å². The highest BCUT2D eigenvalue weighted by Gasteiger charge is 2.53. The lowest BCUT2D eigenvalue weighted by atomic mass is 9.90. The number of anilines is 1. The van der Waals surface area contributed by atoms with Crippen LogP contribution in [0.15, 0.2) is 24.3 Å². The topological polar surface area (TPSA) is 74.0 Å². The largest absolute Gasteiger partial charge is 0.497 e. The fraction of sp³-hybridized carbons (Fsp3) is 0.533. The van der Waals surface area contributed by atoms with Gasteiger partial charge in [-0.05, 0) is 38.1 Å². The van der Waals surface area contributed by atoms with Crippen molar-refractivity contribution in [3.05, 3.63) is 24.3 Å². The molecular weight excluding hydrogens is 272 g/mol. The molecule has 2 saturated heterocycles. The number of amides is 1. The van der Waals surface area contributed by atoms with E-state index < -0.39 is 11.8 Å². The van der Waals surface area contributed by atoms with E-state index >= 15 is 0 Å². The molecule has 1 aromatic rings. The Labute approximate surface area is 123 Å². The summed E-state index contributed by atoms with van der Waals surface area (Å²) in [5, 5.41) is 0. The molecule has 1 aromatic carbocycles. The number of methoxy groups -OCH3 is 1. The Kier molecular flexibility index (Phi) is 3.39. The van der Waals surface area contributed by atoms with Gasteiger partial charge in [0.15, 0.2) is 5.79 Å². The molecule has 0 spiro atoms. The third-order valence-electron chi connectivity index (χ3n) is 3.95. The van der Waals surface area contributed by atoms with Gasteiger partial charge in [0.1, 0.15) is 17.9 Å². The van der Waals surface area contributed by atoms with Gasteiger partial charge in [0.25, 0.3) is 0 Å². The van der Waals surface area contributed by atoms with Crippen LogP contribution in [-0.2, 0) is 14.3 Å². The van der Waals surface area contributed by atoms with E-state index in [1.165, 1.54) is 0 Å². The summed E-state index contributed by atoms with van der Waals surface area (Å²) in [6.07, 6.45) is -0.213. The predicted molar refractivity (Wildman–Crippen MR) is 77.1 cm³/mol. The van der Waals surface area contributed by atoms with Gasteiger partial charge in [-0.3, -0.25) is 4.79 Å². The molecule has 0 unspecified atom stereocenters. The standard InChI is InChI=1S/C15H20N2O4/c1-15(2)20-8-11(21-15)13-12(16)14(18)17(13)9-4-6-10(19-3)7-5-9/h4-7,11-13H,8,16H2,1-3H3/t11-,12-,13-/m1/s1. The number of ether oxygens (including phenoxy) is 3. The van der Waals surface area contributed by atoms with E-state index in [0.29, 0.717) is 6.61 Å². The molecule has 6 heteroatoms. The van der Waals surface area contributed by atoms with Crippen LogP contribution in [-0.4, -0.2) is 43.6 Å². The maximum Gasteiger partial charge on any atom is 0.246 e. The molecule has 6 nitrogen and oxygen atoms in total. The molecule has 0 aliphatic carbocycles. The van der Waals surface area contributed by atoms with Crippen molar-refractivity contribution in [2.75, 3.05) is 18.6 Å². The zero-order valence-corrected chi connectivity index (χ0v) is 12.4. The van der Waals surface area contributed by atoms with Crippen molar-refractivity contribution < 1.29 is 19.0 Å². The summed E-state index contributed by atoms with van der Waals surface area (Å²) in [4.78, 5) is 13.8. The van der Waals surface area contributed by atoms with Gasteiger partial charge in [-0.15, -0.1) is 0 Å². The third-order valence-corrected chi connectivity index (χ3v) is 3.95. The highest BCUT2D eigenvalue weighted by atomic mass is 16.7. The minimum absolute atomic E-state index is 0.0986. The molecule has 3 atom stereocenters. The number of benzene rings is 1. The number of carbonyl (C=O) groups excluding carboxylic acids is 1. The summed E-state index contributed by atoms with van der Waals surface area (Å²) in [5.41, 5.74) is 6.76. The molecule has 0 radical (unpaired) electrons. The van der Waals surface area contributed by atoms with E-state index in [0.717, 1.165) is 11.4 Å². The quantitative estimate of drug-likeness (QED) is 0.838. The minimum Gasteiger partial charge on any atom is -0.497 e. The lowest BCUT2D eigenvalue weighted by Crippen LogP contribution is -2.73. The van der Waals surface area contributed by atoms with Crippen LogP contribution >= 0.6 is 0 Å². The number of hydrogen-bond donors (Lipinski definition) is 1. The second-order valence-corrected chi connectivity index (χ2v) is 5.79. The molecule has 114 valence electrons.